The van der Waals surface area contributed by atoms with Gasteiger partial charge in [0.2, 0.25) is 0 Å². The quantitative estimate of drug-likeness (QED) is 0.842. The van der Waals surface area contributed by atoms with E-state index in [0.717, 1.165) is 6.42 Å². The SMILES string of the molecule is CCCC(C)(C#N)N(C(=O)OCC(C)(C)O)C(C)(C)C. The molecule has 5 heteroatoms. The van der Waals surface area contributed by atoms with E-state index in [-0.39, 0.29) is 6.61 Å². The van der Waals surface area contributed by atoms with Crippen molar-refractivity contribution >= 4 is 6.09 Å². The number of nitrogens with zero attached hydrogens (tertiary/aromatic N) is 2. The number of carbonyl (C=O) groups is 1. The zero-order chi connectivity index (χ0) is 16.2. The van der Waals surface area contributed by atoms with E-state index < -0.39 is 22.8 Å². The second-order valence-electron chi connectivity index (χ2n) is 7.01. The summed E-state index contributed by atoms with van der Waals surface area (Å²) in [6.45, 7) is 12.3. The Morgan fingerprint density at radius 1 is 1.25 bits per heavy atom. The molecule has 1 N–H and O–H groups in total. The van der Waals surface area contributed by atoms with Crippen molar-refractivity contribution < 1.29 is 14.6 Å². The predicted octanol–water partition coefficient (Wildman–Crippen LogP) is 3.08. The van der Waals surface area contributed by atoms with Gasteiger partial charge in [-0.2, -0.15) is 5.26 Å². The molecule has 0 saturated carbocycles. The van der Waals surface area contributed by atoms with Gasteiger partial charge in [0.1, 0.15) is 12.1 Å². The molecular weight excluding hydrogens is 256 g/mol. The van der Waals surface area contributed by atoms with Crippen molar-refractivity contribution in [3.05, 3.63) is 0 Å². The van der Waals surface area contributed by atoms with Crippen LogP contribution in [0, 0.1) is 11.3 Å². The van der Waals surface area contributed by atoms with Gasteiger partial charge in [-0.05, 0) is 48.0 Å². The number of aliphatic hydroxyl groups is 1. The third-order valence-electron chi connectivity index (χ3n) is 2.87. The highest BCUT2D eigenvalue weighted by molar-refractivity contribution is 5.70. The summed E-state index contributed by atoms with van der Waals surface area (Å²) >= 11 is 0. The van der Waals surface area contributed by atoms with Gasteiger partial charge in [0.05, 0.1) is 11.7 Å². The lowest BCUT2D eigenvalue weighted by Crippen LogP contribution is -2.58. The van der Waals surface area contributed by atoms with Crippen LogP contribution >= 0.6 is 0 Å². The standard InChI is InChI=1S/C15H28N2O3/c1-8-9-15(7,10-16)17(13(2,3)4)12(18)20-11-14(5,6)19/h19H,8-9,11H2,1-7H3. The lowest BCUT2D eigenvalue weighted by atomic mass is 9.90. The Morgan fingerprint density at radius 3 is 2.05 bits per heavy atom. The fraction of sp³-hybridized carbons (Fsp3) is 0.867. The molecule has 116 valence electrons. The minimum atomic E-state index is -1.09. The van der Waals surface area contributed by atoms with E-state index in [1.54, 1.807) is 20.8 Å². The average Bonchev–Trinajstić information content (AvgIpc) is 2.24. The van der Waals surface area contributed by atoms with Crippen molar-refractivity contribution in [2.45, 2.75) is 78.0 Å². The van der Waals surface area contributed by atoms with Gasteiger partial charge in [-0.1, -0.05) is 13.3 Å². The van der Waals surface area contributed by atoms with Crippen LogP contribution in [0.2, 0.25) is 0 Å². The molecule has 0 aliphatic carbocycles. The molecule has 0 aliphatic rings. The maximum atomic E-state index is 12.4. The molecule has 0 spiro atoms. The second-order valence-corrected chi connectivity index (χ2v) is 7.01. The first-order valence-electron chi connectivity index (χ1n) is 6.98. The summed E-state index contributed by atoms with van der Waals surface area (Å²) in [4.78, 5) is 13.8. The molecule has 1 amide bonds. The molecule has 0 fully saturated rings. The number of ether oxygens (including phenoxy) is 1. The van der Waals surface area contributed by atoms with Gasteiger partial charge < -0.3 is 9.84 Å². The van der Waals surface area contributed by atoms with Gasteiger partial charge in [0.25, 0.3) is 0 Å². The Kier molecular flexibility index (Phi) is 6.03. The average molecular weight is 284 g/mol. The molecule has 20 heavy (non-hydrogen) atoms. The summed E-state index contributed by atoms with van der Waals surface area (Å²) in [6.07, 6.45) is 0.783. The maximum absolute atomic E-state index is 12.4. The molecule has 0 bridgehead atoms. The number of rotatable bonds is 5. The first kappa shape index (κ1) is 18.7. The lowest BCUT2D eigenvalue weighted by Gasteiger charge is -2.44. The molecule has 1 unspecified atom stereocenters. The van der Waals surface area contributed by atoms with Crippen molar-refractivity contribution in [2.75, 3.05) is 6.61 Å². The molecule has 0 radical (unpaired) electrons. The molecule has 0 rings (SSSR count). The Balaban J connectivity index is 5.28. The topological polar surface area (TPSA) is 73.6 Å². The number of hydrogen-bond donors (Lipinski definition) is 1. The van der Waals surface area contributed by atoms with Gasteiger partial charge in [0, 0.05) is 5.54 Å². The summed E-state index contributed by atoms with van der Waals surface area (Å²) in [7, 11) is 0. The van der Waals surface area contributed by atoms with E-state index in [0.29, 0.717) is 6.42 Å². The zero-order valence-corrected chi connectivity index (χ0v) is 13.8. The summed E-state index contributed by atoms with van der Waals surface area (Å²) in [5.41, 5.74) is -2.56. The first-order valence-corrected chi connectivity index (χ1v) is 6.98. The third kappa shape index (κ3) is 5.38. The van der Waals surface area contributed by atoms with Crippen LogP contribution < -0.4 is 0 Å². The minimum absolute atomic E-state index is 0.105. The van der Waals surface area contributed by atoms with Crippen LogP contribution in [0.4, 0.5) is 4.79 Å². The molecule has 0 aliphatic heterocycles. The van der Waals surface area contributed by atoms with Crippen LogP contribution in [0.5, 0.6) is 0 Å². The van der Waals surface area contributed by atoms with Crippen LogP contribution in [-0.4, -0.2) is 39.4 Å². The van der Waals surface area contributed by atoms with E-state index in [4.69, 9.17) is 4.74 Å². The highest BCUT2D eigenvalue weighted by atomic mass is 16.6. The molecule has 0 aromatic rings. The number of amides is 1. The van der Waals surface area contributed by atoms with Crippen molar-refractivity contribution in [3.63, 3.8) is 0 Å². The normalized spacial score (nSPS) is 15.2. The largest absolute Gasteiger partial charge is 0.446 e. The van der Waals surface area contributed by atoms with Gasteiger partial charge in [0.15, 0.2) is 0 Å². The molecule has 0 aromatic heterocycles. The Bertz CT molecular complexity index is 374. The summed E-state index contributed by atoms with van der Waals surface area (Å²) in [6, 6.07) is 2.23. The number of hydrogen-bond acceptors (Lipinski definition) is 4. The summed E-state index contributed by atoms with van der Waals surface area (Å²) in [5.74, 6) is 0. The van der Waals surface area contributed by atoms with E-state index in [2.05, 4.69) is 6.07 Å². The van der Waals surface area contributed by atoms with Crippen LogP contribution in [0.1, 0.15) is 61.3 Å². The number of nitriles is 1. The first-order chi connectivity index (χ1) is 8.87. The monoisotopic (exact) mass is 284 g/mol. The molecular formula is C15H28N2O3. The molecule has 1 atom stereocenters. The maximum Gasteiger partial charge on any atom is 0.411 e. The fourth-order valence-corrected chi connectivity index (χ4v) is 2.22. The lowest BCUT2D eigenvalue weighted by molar-refractivity contribution is -0.0268. The van der Waals surface area contributed by atoms with E-state index in [9.17, 15) is 15.2 Å². The Morgan fingerprint density at radius 2 is 1.75 bits per heavy atom. The van der Waals surface area contributed by atoms with Crippen molar-refractivity contribution in [2.24, 2.45) is 0 Å². The van der Waals surface area contributed by atoms with Crippen LogP contribution in [0.15, 0.2) is 0 Å². The number of carbonyl (C=O) groups excluding carboxylic acids is 1. The highest BCUT2D eigenvalue weighted by Gasteiger charge is 2.43. The van der Waals surface area contributed by atoms with Crippen LogP contribution in [0.25, 0.3) is 0 Å². The van der Waals surface area contributed by atoms with Crippen LogP contribution in [0.3, 0.4) is 0 Å². The van der Waals surface area contributed by atoms with Gasteiger partial charge in [-0.15, -0.1) is 0 Å². The molecule has 0 heterocycles. The van der Waals surface area contributed by atoms with E-state index >= 15 is 0 Å². The highest BCUT2D eigenvalue weighted by Crippen LogP contribution is 2.30. The fourth-order valence-electron chi connectivity index (χ4n) is 2.22. The molecule has 0 aromatic carbocycles. The van der Waals surface area contributed by atoms with Crippen molar-refractivity contribution in [1.82, 2.24) is 4.90 Å². The van der Waals surface area contributed by atoms with Crippen LogP contribution in [-0.2, 0) is 4.74 Å². The Labute approximate surface area is 122 Å². The van der Waals surface area contributed by atoms with E-state index in [1.165, 1.54) is 4.90 Å². The van der Waals surface area contributed by atoms with Gasteiger partial charge in [-0.3, -0.25) is 4.90 Å². The molecule has 5 nitrogen and oxygen atoms in total. The smallest absolute Gasteiger partial charge is 0.411 e. The Hall–Kier alpha value is -1.28. The minimum Gasteiger partial charge on any atom is -0.446 e. The zero-order valence-electron chi connectivity index (χ0n) is 13.8. The molecule has 0 saturated heterocycles. The second kappa shape index (κ2) is 6.45. The summed E-state index contributed by atoms with van der Waals surface area (Å²) in [5, 5.41) is 19.1. The predicted molar refractivity (Wildman–Crippen MR) is 78.2 cm³/mol. The van der Waals surface area contributed by atoms with Crippen molar-refractivity contribution in [3.8, 4) is 6.07 Å². The van der Waals surface area contributed by atoms with E-state index in [1.807, 2.05) is 27.7 Å². The third-order valence-corrected chi connectivity index (χ3v) is 2.87. The summed E-state index contributed by atoms with van der Waals surface area (Å²) < 4.78 is 5.18. The van der Waals surface area contributed by atoms with Crippen molar-refractivity contribution in [1.29, 1.82) is 5.26 Å². The van der Waals surface area contributed by atoms with Gasteiger partial charge in [-0.25, -0.2) is 4.79 Å². The van der Waals surface area contributed by atoms with Gasteiger partial charge >= 0.3 is 6.09 Å².